The van der Waals surface area contributed by atoms with E-state index in [1.54, 1.807) is 84.9 Å². The number of nitrogens with one attached hydrogen (secondary N) is 6. The summed E-state index contributed by atoms with van der Waals surface area (Å²) in [5.41, 5.74) is 3.29. The summed E-state index contributed by atoms with van der Waals surface area (Å²) in [6, 6.07) is 35.4. The lowest BCUT2D eigenvalue weighted by atomic mass is 10.1. The normalized spacial score (nSPS) is 11.4. The molecule has 0 bridgehead atoms. The second-order valence-corrected chi connectivity index (χ2v) is 19.3. The number of hydrogen-bond donors (Lipinski definition) is 6. The molecule has 6 N–H and O–H groups in total. The number of anilines is 6. The third-order valence-electron chi connectivity index (χ3n) is 9.49. The third-order valence-corrected chi connectivity index (χ3v) is 12.1. The maximum Gasteiger partial charge on any atom is 0.323 e. The highest BCUT2D eigenvalue weighted by atomic mass is 32.2. The number of carbonyl (C=O) groups excluding carboxylic acids is 5. The summed E-state index contributed by atoms with van der Waals surface area (Å²) in [6.45, 7) is 7.37. The molecular weight excluding hydrogens is 913 g/mol. The van der Waals surface area contributed by atoms with Crippen molar-refractivity contribution in [1.82, 2.24) is 0 Å². The van der Waals surface area contributed by atoms with Crippen LogP contribution in [0.2, 0.25) is 0 Å². The molecule has 6 aromatic rings. The van der Waals surface area contributed by atoms with E-state index in [-0.39, 0.29) is 57.1 Å². The fourth-order valence-electron chi connectivity index (χ4n) is 5.99. The lowest BCUT2D eigenvalue weighted by Gasteiger charge is -2.11. The Labute approximate surface area is 393 Å². The van der Waals surface area contributed by atoms with Crippen LogP contribution in [0.5, 0.6) is 0 Å². The standard InChI is InChI=1S/C49H48N6O11S2/c1-31(2)29-65-67(61,62)43-23-11-33(12-24-43)45(56)52-41-9-5-7-35(27-41)47(58)50-37-15-19-39(20-16-37)54-49(60)55-40-21-17-38(18-22-40)51-48(59)36-8-6-10-42(28-36)53-46(57)34-13-25-44(26-14-34)68(63,64)66-30-32(3)4/h5-28,31-32H,29-30H2,1-4H3,(H,50,58)(H,51,59)(H,52,56)(H,53,57)(H2,54,55,60). The van der Waals surface area contributed by atoms with Crippen molar-refractivity contribution in [2.45, 2.75) is 37.5 Å². The van der Waals surface area contributed by atoms with Crippen LogP contribution in [0.1, 0.15) is 69.1 Å². The smallest absolute Gasteiger partial charge is 0.322 e. The molecule has 0 fully saturated rings. The fourth-order valence-corrected chi connectivity index (χ4v) is 8.10. The molecule has 68 heavy (non-hydrogen) atoms. The molecule has 19 heteroatoms. The SMILES string of the molecule is CC(C)COS(=O)(=O)c1ccc(C(=O)Nc2cccc(C(=O)Nc3ccc(NC(=O)Nc4ccc(NC(=O)c5cccc(NC(=O)c6ccc(S(=O)(=O)OCC(C)C)cc6)c5)cc4)cc3)c2)cc1. The molecule has 0 atom stereocenters. The number of urea groups is 1. The summed E-state index contributed by atoms with van der Waals surface area (Å²) >= 11 is 0. The minimum Gasteiger partial charge on any atom is -0.322 e. The van der Waals surface area contributed by atoms with Crippen LogP contribution in [0.25, 0.3) is 0 Å². The second kappa shape index (κ2) is 22.2. The van der Waals surface area contributed by atoms with Crippen LogP contribution in [0.4, 0.5) is 38.9 Å². The zero-order valence-electron chi connectivity index (χ0n) is 37.2. The van der Waals surface area contributed by atoms with E-state index in [0.717, 1.165) is 0 Å². The molecule has 6 amide bonds. The van der Waals surface area contributed by atoms with Crippen molar-refractivity contribution in [3.05, 3.63) is 168 Å². The Morgan fingerprint density at radius 1 is 0.382 bits per heavy atom. The topological polar surface area (TPSA) is 244 Å². The van der Waals surface area contributed by atoms with Crippen molar-refractivity contribution in [2.75, 3.05) is 45.1 Å². The molecule has 6 aromatic carbocycles. The first-order valence-electron chi connectivity index (χ1n) is 21.1. The Bertz CT molecular complexity index is 2810. The molecule has 0 spiro atoms. The van der Waals surface area contributed by atoms with Crippen LogP contribution in [0.15, 0.2) is 155 Å². The molecule has 0 saturated heterocycles. The molecule has 6 rings (SSSR count). The maximum absolute atomic E-state index is 13.1. The van der Waals surface area contributed by atoms with Crippen molar-refractivity contribution in [3.8, 4) is 0 Å². The Kier molecular flexibility index (Phi) is 16.2. The van der Waals surface area contributed by atoms with Gasteiger partial charge < -0.3 is 31.9 Å². The van der Waals surface area contributed by atoms with Gasteiger partial charge in [-0.15, -0.1) is 0 Å². The van der Waals surface area contributed by atoms with E-state index < -0.39 is 49.9 Å². The highest BCUT2D eigenvalue weighted by Crippen LogP contribution is 2.22. The molecule has 352 valence electrons. The summed E-state index contributed by atoms with van der Waals surface area (Å²) in [4.78, 5) is 64.6. The van der Waals surface area contributed by atoms with Gasteiger partial charge in [0.1, 0.15) is 0 Å². The average molecular weight is 961 g/mol. The predicted molar refractivity (Wildman–Crippen MR) is 259 cm³/mol. The zero-order valence-corrected chi connectivity index (χ0v) is 38.9. The van der Waals surface area contributed by atoms with Crippen LogP contribution >= 0.6 is 0 Å². The van der Waals surface area contributed by atoms with Gasteiger partial charge in [-0.1, -0.05) is 39.8 Å². The van der Waals surface area contributed by atoms with Gasteiger partial charge in [0.05, 0.1) is 23.0 Å². The van der Waals surface area contributed by atoms with Crippen molar-refractivity contribution in [3.63, 3.8) is 0 Å². The maximum atomic E-state index is 13.1. The Balaban J connectivity index is 0.950. The number of carbonyl (C=O) groups is 5. The van der Waals surface area contributed by atoms with E-state index in [2.05, 4.69) is 31.9 Å². The van der Waals surface area contributed by atoms with Gasteiger partial charge in [0.15, 0.2) is 0 Å². The van der Waals surface area contributed by atoms with Crippen LogP contribution < -0.4 is 31.9 Å². The van der Waals surface area contributed by atoms with Gasteiger partial charge in [0, 0.05) is 56.4 Å². The van der Waals surface area contributed by atoms with E-state index >= 15 is 0 Å². The first-order valence-corrected chi connectivity index (χ1v) is 23.9. The van der Waals surface area contributed by atoms with Gasteiger partial charge >= 0.3 is 6.03 Å². The number of rotatable bonds is 18. The Hall–Kier alpha value is -7.71. The lowest BCUT2D eigenvalue weighted by Crippen LogP contribution is -2.19. The quantitative estimate of drug-likeness (QED) is 0.0444. The predicted octanol–water partition coefficient (Wildman–Crippen LogP) is 9.06. The van der Waals surface area contributed by atoms with Crippen molar-refractivity contribution >= 4 is 84.0 Å². The average Bonchev–Trinajstić information content (AvgIpc) is 3.31. The summed E-state index contributed by atoms with van der Waals surface area (Å²) in [5, 5.41) is 16.4. The minimum absolute atomic E-state index is 0.0166. The molecule has 0 unspecified atom stereocenters. The molecule has 0 heterocycles. The van der Waals surface area contributed by atoms with E-state index in [0.29, 0.717) is 34.1 Å². The van der Waals surface area contributed by atoms with Gasteiger partial charge in [-0.2, -0.15) is 16.8 Å². The molecule has 0 aliphatic heterocycles. The van der Waals surface area contributed by atoms with Gasteiger partial charge in [0.25, 0.3) is 43.9 Å². The molecular formula is C49H48N6O11S2. The first-order chi connectivity index (χ1) is 32.3. The van der Waals surface area contributed by atoms with Crippen LogP contribution in [0.3, 0.4) is 0 Å². The van der Waals surface area contributed by atoms with Crippen LogP contribution in [-0.2, 0) is 28.6 Å². The molecule has 0 saturated carbocycles. The van der Waals surface area contributed by atoms with Crippen molar-refractivity contribution in [1.29, 1.82) is 0 Å². The minimum atomic E-state index is -3.96. The zero-order chi connectivity index (χ0) is 49.0. The number of amides is 6. The van der Waals surface area contributed by atoms with Crippen LogP contribution in [0, 0.1) is 11.8 Å². The third kappa shape index (κ3) is 14.1. The largest absolute Gasteiger partial charge is 0.323 e. The summed E-state index contributed by atoms with van der Waals surface area (Å²) in [7, 11) is -7.93. The van der Waals surface area contributed by atoms with E-state index in [1.165, 1.54) is 60.7 Å². The highest BCUT2D eigenvalue weighted by Gasteiger charge is 2.19. The van der Waals surface area contributed by atoms with E-state index in [9.17, 15) is 40.8 Å². The highest BCUT2D eigenvalue weighted by molar-refractivity contribution is 7.87. The summed E-state index contributed by atoms with van der Waals surface area (Å²) < 4.78 is 59.6. The lowest BCUT2D eigenvalue weighted by molar-refractivity contribution is 0.101. The van der Waals surface area contributed by atoms with E-state index in [4.69, 9.17) is 8.37 Å². The second-order valence-electron chi connectivity index (χ2n) is 16.0. The Morgan fingerprint density at radius 3 is 1.00 bits per heavy atom. The monoisotopic (exact) mass is 960 g/mol. The summed E-state index contributed by atoms with van der Waals surface area (Å²) in [5.74, 6) is -1.91. The molecule has 0 aliphatic carbocycles. The van der Waals surface area contributed by atoms with Crippen LogP contribution in [-0.4, -0.2) is 59.7 Å². The summed E-state index contributed by atoms with van der Waals surface area (Å²) in [6.07, 6.45) is 0. The Morgan fingerprint density at radius 2 is 0.676 bits per heavy atom. The molecule has 17 nitrogen and oxygen atoms in total. The molecule has 0 aliphatic rings. The van der Waals surface area contributed by atoms with Gasteiger partial charge in [-0.05, 0) is 145 Å². The molecule has 0 radical (unpaired) electrons. The van der Waals surface area contributed by atoms with Gasteiger partial charge in [-0.25, -0.2) is 4.79 Å². The number of benzene rings is 6. The van der Waals surface area contributed by atoms with Gasteiger partial charge in [-0.3, -0.25) is 27.5 Å². The molecule has 0 aromatic heterocycles. The first kappa shape index (κ1) is 49.7. The fraction of sp³-hybridized carbons (Fsp3) is 0.163. The number of hydrogen-bond acceptors (Lipinski definition) is 11. The van der Waals surface area contributed by atoms with Crippen molar-refractivity contribution in [2.24, 2.45) is 11.8 Å². The van der Waals surface area contributed by atoms with Gasteiger partial charge in [0.2, 0.25) is 0 Å². The van der Waals surface area contributed by atoms with Crippen molar-refractivity contribution < 1.29 is 49.2 Å². The van der Waals surface area contributed by atoms with E-state index in [1.807, 2.05) is 27.7 Å².